The van der Waals surface area contributed by atoms with E-state index in [0.717, 1.165) is 25.0 Å². The fourth-order valence-electron chi connectivity index (χ4n) is 1.80. The summed E-state index contributed by atoms with van der Waals surface area (Å²) in [6.07, 6.45) is 1.65. The third kappa shape index (κ3) is 6.36. The van der Waals surface area contributed by atoms with Gasteiger partial charge in [0, 0.05) is 5.56 Å². The third-order valence-corrected chi connectivity index (χ3v) is 3.21. The van der Waals surface area contributed by atoms with Crippen LogP contribution >= 0.6 is 0 Å². The summed E-state index contributed by atoms with van der Waals surface area (Å²) in [7, 11) is 0. The largest absolute Gasteiger partial charge is 0.464 e. The second-order valence-electron chi connectivity index (χ2n) is 5.85. The lowest BCUT2D eigenvalue weighted by atomic mass is 10.1. The van der Waals surface area contributed by atoms with Crippen LogP contribution in [-0.2, 0) is 14.3 Å². The Bertz CT molecular complexity index is 585. The standard InChI is InChI=1S/C17H23FN2O4/c1-4-5-10-24-16(23)17(2,3)20-14(21)11-19-15(22)12-6-8-13(18)9-7-12/h6-9H,4-5,10-11H2,1-3H3,(H,19,22)(H,20,21). The molecule has 7 heteroatoms. The summed E-state index contributed by atoms with van der Waals surface area (Å²) in [6.45, 7) is 5.03. The summed E-state index contributed by atoms with van der Waals surface area (Å²) in [5.41, 5.74) is -0.951. The van der Waals surface area contributed by atoms with Crippen molar-refractivity contribution < 1.29 is 23.5 Å². The molecule has 2 amide bonds. The van der Waals surface area contributed by atoms with E-state index >= 15 is 0 Å². The SMILES string of the molecule is CCCCOC(=O)C(C)(C)NC(=O)CNC(=O)c1ccc(F)cc1. The van der Waals surface area contributed by atoms with Gasteiger partial charge in [0.05, 0.1) is 13.2 Å². The van der Waals surface area contributed by atoms with Crippen molar-refractivity contribution >= 4 is 17.8 Å². The minimum absolute atomic E-state index is 0.238. The number of nitrogens with one attached hydrogen (secondary N) is 2. The summed E-state index contributed by atoms with van der Waals surface area (Å²) in [5.74, 6) is -2.02. The lowest BCUT2D eigenvalue weighted by Gasteiger charge is -2.24. The second kappa shape index (κ2) is 9.00. The molecular formula is C17H23FN2O4. The highest BCUT2D eigenvalue weighted by Gasteiger charge is 2.31. The molecule has 0 bridgehead atoms. The lowest BCUT2D eigenvalue weighted by Crippen LogP contribution is -2.53. The molecule has 0 unspecified atom stereocenters. The molecule has 0 fully saturated rings. The van der Waals surface area contributed by atoms with Crippen LogP contribution in [0.5, 0.6) is 0 Å². The van der Waals surface area contributed by atoms with Gasteiger partial charge in [0.1, 0.15) is 11.4 Å². The number of rotatable bonds is 8. The van der Waals surface area contributed by atoms with Crippen molar-refractivity contribution in [3.63, 3.8) is 0 Å². The van der Waals surface area contributed by atoms with E-state index in [1.54, 1.807) is 0 Å². The van der Waals surface area contributed by atoms with Crippen LogP contribution in [0.3, 0.4) is 0 Å². The van der Waals surface area contributed by atoms with E-state index in [1.165, 1.54) is 26.0 Å². The van der Waals surface area contributed by atoms with Gasteiger partial charge in [0.15, 0.2) is 0 Å². The first kappa shape index (κ1) is 19.6. The van der Waals surface area contributed by atoms with Crippen LogP contribution in [-0.4, -0.2) is 36.5 Å². The molecule has 0 saturated heterocycles. The maximum atomic E-state index is 12.8. The van der Waals surface area contributed by atoms with Crippen molar-refractivity contribution in [2.75, 3.05) is 13.2 Å². The van der Waals surface area contributed by atoms with Crippen LogP contribution in [0.2, 0.25) is 0 Å². The third-order valence-electron chi connectivity index (χ3n) is 3.21. The smallest absolute Gasteiger partial charge is 0.331 e. The van der Waals surface area contributed by atoms with Crippen molar-refractivity contribution in [3.05, 3.63) is 35.6 Å². The first-order valence-electron chi connectivity index (χ1n) is 7.78. The Morgan fingerprint density at radius 2 is 1.79 bits per heavy atom. The van der Waals surface area contributed by atoms with Gasteiger partial charge >= 0.3 is 5.97 Å². The number of carbonyl (C=O) groups is 3. The summed E-state index contributed by atoms with van der Waals surface area (Å²) < 4.78 is 17.9. The van der Waals surface area contributed by atoms with E-state index in [1.807, 2.05) is 6.92 Å². The molecule has 24 heavy (non-hydrogen) atoms. The first-order valence-corrected chi connectivity index (χ1v) is 7.78. The monoisotopic (exact) mass is 338 g/mol. The molecule has 0 aromatic heterocycles. The number of carbonyl (C=O) groups excluding carboxylic acids is 3. The number of esters is 1. The molecule has 132 valence electrons. The van der Waals surface area contributed by atoms with E-state index in [-0.39, 0.29) is 12.1 Å². The molecule has 6 nitrogen and oxygen atoms in total. The number of hydrogen-bond acceptors (Lipinski definition) is 4. The number of amides is 2. The molecule has 0 aliphatic carbocycles. The minimum atomic E-state index is -1.19. The van der Waals surface area contributed by atoms with Crippen molar-refractivity contribution in [3.8, 4) is 0 Å². The van der Waals surface area contributed by atoms with E-state index < -0.39 is 29.1 Å². The average Bonchev–Trinajstić information content (AvgIpc) is 2.53. The molecule has 0 spiro atoms. The van der Waals surface area contributed by atoms with Crippen LogP contribution in [0.15, 0.2) is 24.3 Å². The molecule has 0 aliphatic rings. The highest BCUT2D eigenvalue weighted by atomic mass is 19.1. The second-order valence-corrected chi connectivity index (χ2v) is 5.85. The van der Waals surface area contributed by atoms with Gasteiger partial charge in [0.25, 0.3) is 5.91 Å². The highest BCUT2D eigenvalue weighted by Crippen LogP contribution is 2.06. The van der Waals surface area contributed by atoms with E-state index in [2.05, 4.69) is 10.6 Å². The zero-order valence-electron chi connectivity index (χ0n) is 14.1. The van der Waals surface area contributed by atoms with Crippen LogP contribution in [0, 0.1) is 5.82 Å². The Kier molecular flexibility index (Phi) is 7.35. The quantitative estimate of drug-likeness (QED) is 0.559. The maximum Gasteiger partial charge on any atom is 0.331 e. The molecular weight excluding hydrogens is 315 g/mol. The van der Waals surface area contributed by atoms with Gasteiger partial charge in [-0.25, -0.2) is 9.18 Å². The molecule has 0 atom stereocenters. The summed E-state index contributed by atoms with van der Waals surface area (Å²) in [4.78, 5) is 35.6. The van der Waals surface area contributed by atoms with Crippen LogP contribution in [0.25, 0.3) is 0 Å². The van der Waals surface area contributed by atoms with Crippen molar-refractivity contribution in [2.45, 2.75) is 39.2 Å². The molecule has 2 N–H and O–H groups in total. The van der Waals surface area contributed by atoms with Crippen molar-refractivity contribution in [1.29, 1.82) is 0 Å². The van der Waals surface area contributed by atoms with E-state index in [0.29, 0.717) is 6.61 Å². The zero-order valence-corrected chi connectivity index (χ0v) is 14.1. The summed E-state index contributed by atoms with van der Waals surface area (Å²) in [5, 5.41) is 4.92. The highest BCUT2D eigenvalue weighted by molar-refractivity contribution is 5.97. The number of ether oxygens (including phenoxy) is 1. The van der Waals surface area contributed by atoms with Crippen molar-refractivity contribution in [2.24, 2.45) is 0 Å². The molecule has 1 aromatic rings. The summed E-state index contributed by atoms with van der Waals surface area (Å²) >= 11 is 0. The predicted octanol–water partition coefficient (Wildman–Crippen LogP) is 1.79. The van der Waals surface area contributed by atoms with Gasteiger partial charge in [-0.1, -0.05) is 13.3 Å². The number of benzene rings is 1. The normalized spacial score (nSPS) is 10.8. The molecule has 0 heterocycles. The lowest BCUT2D eigenvalue weighted by molar-refractivity contribution is -0.152. The van der Waals surface area contributed by atoms with Crippen LogP contribution in [0.1, 0.15) is 44.0 Å². The van der Waals surface area contributed by atoms with Crippen LogP contribution < -0.4 is 10.6 Å². The minimum Gasteiger partial charge on any atom is -0.464 e. The van der Waals surface area contributed by atoms with E-state index in [9.17, 15) is 18.8 Å². The molecule has 1 aromatic carbocycles. The molecule has 1 rings (SSSR count). The maximum absolute atomic E-state index is 12.8. The average molecular weight is 338 g/mol. The Balaban J connectivity index is 2.45. The predicted molar refractivity (Wildman–Crippen MR) is 86.8 cm³/mol. The van der Waals surface area contributed by atoms with Gasteiger partial charge in [-0.05, 0) is 44.5 Å². The van der Waals surface area contributed by atoms with Gasteiger partial charge in [-0.3, -0.25) is 9.59 Å². The molecule has 0 saturated carbocycles. The Morgan fingerprint density at radius 1 is 1.17 bits per heavy atom. The Labute approximate surface area is 140 Å². The topological polar surface area (TPSA) is 84.5 Å². The Hall–Kier alpha value is -2.44. The van der Waals surface area contributed by atoms with E-state index in [4.69, 9.17) is 4.74 Å². The fraction of sp³-hybridized carbons (Fsp3) is 0.471. The van der Waals surface area contributed by atoms with Gasteiger partial charge < -0.3 is 15.4 Å². The first-order chi connectivity index (χ1) is 11.3. The van der Waals surface area contributed by atoms with Gasteiger partial charge in [-0.15, -0.1) is 0 Å². The summed E-state index contributed by atoms with van der Waals surface area (Å²) in [6, 6.07) is 4.95. The zero-order chi connectivity index (χ0) is 18.2. The van der Waals surface area contributed by atoms with Gasteiger partial charge in [-0.2, -0.15) is 0 Å². The number of hydrogen-bond donors (Lipinski definition) is 2. The van der Waals surface area contributed by atoms with Crippen LogP contribution in [0.4, 0.5) is 4.39 Å². The fourth-order valence-corrected chi connectivity index (χ4v) is 1.80. The Morgan fingerprint density at radius 3 is 2.38 bits per heavy atom. The van der Waals surface area contributed by atoms with Crippen molar-refractivity contribution in [1.82, 2.24) is 10.6 Å². The number of halogens is 1. The number of unbranched alkanes of at least 4 members (excludes halogenated alkanes) is 1. The molecule has 0 radical (unpaired) electrons. The molecule has 0 aliphatic heterocycles. The van der Waals surface area contributed by atoms with Gasteiger partial charge in [0.2, 0.25) is 5.91 Å².